The summed E-state index contributed by atoms with van der Waals surface area (Å²) in [4.78, 5) is 4.81. The van der Waals surface area contributed by atoms with E-state index in [1.165, 1.54) is 0 Å². The van der Waals surface area contributed by atoms with E-state index >= 15 is 0 Å². The van der Waals surface area contributed by atoms with E-state index in [2.05, 4.69) is 5.92 Å². The fourth-order valence-corrected chi connectivity index (χ4v) is 3.21. The number of para-hydroxylation sites is 1. The zero-order valence-electron chi connectivity index (χ0n) is 16.0. The zero-order valence-corrected chi connectivity index (χ0v) is 16.0. The maximum Gasteiger partial charge on any atom is 0.148 e. The average Bonchev–Trinajstić information content (AvgIpc) is 2.73. The average molecular weight is 375 g/mol. The lowest BCUT2D eigenvalue weighted by atomic mass is 9.94. The van der Waals surface area contributed by atoms with Crippen molar-refractivity contribution < 1.29 is 9.47 Å². The fraction of sp³-hybridized carbons (Fsp3) is 0.261. The molecular formula is C23H25N3O2. The normalized spacial score (nSPS) is 11.9. The topological polar surface area (TPSA) is 83.4 Å². The molecule has 5 heteroatoms. The number of anilines is 2. The van der Waals surface area contributed by atoms with Crippen molar-refractivity contribution in [2.24, 2.45) is 0 Å². The summed E-state index contributed by atoms with van der Waals surface area (Å²) in [5.74, 6) is 3.20. The number of benzene rings is 2. The summed E-state index contributed by atoms with van der Waals surface area (Å²) in [7, 11) is 0. The SMILES string of the molecule is C#CCOc1ccc(CC(COCC)c2nc3ccccc3c(N)c2N)cc1. The van der Waals surface area contributed by atoms with Crippen LogP contribution < -0.4 is 16.2 Å². The molecule has 0 aliphatic heterocycles. The third kappa shape index (κ3) is 4.36. The smallest absolute Gasteiger partial charge is 0.148 e. The van der Waals surface area contributed by atoms with Crippen LogP contribution in [0.2, 0.25) is 0 Å². The summed E-state index contributed by atoms with van der Waals surface area (Å²) in [5.41, 5.74) is 16.5. The molecule has 0 saturated carbocycles. The first-order valence-corrected chi connectivity index (χ1v) is 9.30. The molecule has 0 spiro atoms. The Kier molecular flexibility index (Phi) is 6.36. The van der Waals surface area contributed by atoms with Crippen LogP contribution in [0.1, 0.15) is 24.1 Å². The Bertz CT molecular complexity index is 978. The Labute approximate surface area is 165 Å². The minimum absolute atomic E-state index is 0.00988. The Hall–Kier alpha value is -3.23. The summed E-state index contributed by atoms with van der Waals surface area (Å²) < 4.78 is 11.2. The van der Waals surface area contributed by atoms with Gasteiger partial charge in [0.1, 0.15) is 12.4 Å². The molecule has 0 saturated heterocycles. The van der Waals surface area contributed by atoms with Crippen LogP contribution >= 0.6 is 0 Å². The number of rotatable bonds is 8. The summed E-state index contributed by atoms with van der Waals surface area (Å²) in [6.45, 7) is 3.36. The maximum absolute atomic E-state index is 6.37. The second-order valence-corrected chi connectivity index (χ2v) is 6.54. The lowest BCUT2D eigenvalue weighted by Crippen LogP contribution is -2.16. The van der Waals surface area contributed by atoms with Crippen molar-refractivity contribution >= 4 is 22.3 Å². The van der Waals surface area contributed by atoms with E-state index in [0.29, 0.717) is 24.6 Å². The number of terminal acetylenes is 1. The van der Waals surface area contributed by atoms with Gasteiger partial charge in [-0.15, -0.1) is 6.42 Å². The third-order valence-electron chi connectivity index (χ3n) is 4.64. The Balaban J connectivity index is 1.91. The number of nitrogens with two attached hydrogens (primary N) is 2. The van der Waals surface area contributed by atoms with E-state index < -0.39 is 0 Å². The molecule has 0 amide bonds. The van der Waals surface area contributed by atoms with Gasteiger partial charge >= 0.3 is 0 Å². The van der Waals surface area contributed by atoms with Gasteiger partial charge in [0.15, 0.2) is 0 Å². The first-order chi connectivity index (χ1) is 13.6. The molecule has 1 aromatic heterocycles. The van der Waals surface area contributed by atoms with E-state index in [1.807, 2.05) is 55.5 Å². The highest BCUT2D eigenvalue weighted by molar-refractivity contribution is 5.96. The van der Waals surface area contributed by atoms with Gasteiger partial charge in [0, 0.05) is 17.9 Å². The second kappa shape index (κ2) is 9.12. The molecule has 3 rings (SSSR count). The van der Waals surface area contributed by atoms with Crippen LogP contribution in [0.5, 0.6) is 5.75 Å². The molecule has 3 aromatic rings. The second-order valence-electron chi connectivity index (χ2n) is 6.54. The van der Waals surface area contributed by atoms with Crippen molar-refractivity contribution in [3.05, 3.63) is 59.8 Å². The van der Waals surface area contributed by atoms with E-state index in [-0.39, 0.29) is 12.5 Å². The van der Waals surface area contributed by atoms with Gasteiger partial charge in [-0.2, -0.15) is 0 Å². The number of nitrogens with zero attached hydrogens (tertiary/aromatic N) is 1. The first-order valence-electron chi connectivity index (χ1n) is 9.30. The van der Waals surface area contributed by atoms with Crippen LogP contribution in [0.4, 0.5) is 11.4 Å². The highest BCUT2D eigenvalue weighted by Crippen LogP contribution is 2.33. The van der Waals surface area contributed by atoms with Crippen LogP contribution in [0.25, 0.3) is 10.9 Å². The summed E-state index contributed by atoms with van der Waals surface area (Å²) in [5, 5.41) is 0.869. The number of nitrogen functional groups attached to an aromatic ring is 2. The number of ether oxygens (including phenoxy) is 2. The Morgan fingerprint density at radius 1 is 1.07 bits per heavy atom. The van der Waals surface area contributed by atoms with Crippen LogP contribution in [-0.2, 0) is 11.2 Å². The predicted octanol–water partition coefficient (Wildman–Crippen LogP) is 3.77. The highest BCUT2D eigenvalue weighted by Gasteiger charge is 2.20. The molecule has 4 N–H and O–H groups in total. The summed E-state index contributed by atoms with van der Waals surface area (Å²) in [6, 6.07) is 15.6. The minimum atomic E-state index is -0.00988. The van der Waals surface area contributed by atoms with Crippen LogP contribution in [0.3, 0.4) is 0 Å². The van der Waals surface area contributed by atoms with E-state index in [0.717, 1.165) is 34.3 Å². The van der Waals surface area contributed by atoms with Crippen molar-refractivity contribution in [2.45, 2.75) is 19.3 Å². The number of pyridine rings is 1. The predicted molar refractivity (Wildman–Crippen MR) is 114 cm³/mol. The van der Waals surface area contributed by atoms with Crippen molar-refractivity contribution in [2.75, 3.05) is 31.3 Å². The number of hydrogen-bond donors (Lipinski definition) is 2. The van der Waals surface area contributed by atoms with Crippen LogP contribution in [0.15, 0.2) is 48.5 Å². The number of aromatic nitrogens is 1. The van der Waals surface area contributed by atoms with Gasteiger partial charge in [-0.05, 0) is 37.1 Å². The molecule has 5 nitrogen and oxygen atoms in total. The van der Waals surface area contributed by atoms with Gasteiger partial charge in [0.05, 0.1) is 29.2 Å². The molecule has 28 heavy (non-hydrogen) atoms. The molecule has 0 fully saturated rings. The molecule has 1 heterocycles. The van der Waals surface area contributed by atoms with Crippen molar-refractivity contribution in [3.63, 3.8) is 0 Å². The monoisotopic (exact) mass is 375 g/mol. The molecule has 1 unspecified atom stereocenters. The lowest BCUT2D eigenvalue weighted by Gasteiger charge is -2.20. The molecule has 0 aliphatic carbocycles. The van der Waals surface area contributed by atoms with Gasteiger partial charge in [-0.3, -0.25) is 4.98 Å². The molecule has 0 radical (unpaired) electrons. The third-order valence-corrected chi connectivity index (χ3v) is 4.64. The van der Waals surface area contributed by atoms with E-state index in [1.54, 1.807) is 0 Å². The molecule has 0 aliphatic rings. The van der Waals surface area contributed by atoms with Crippen molar-refractivity contribution in [3.8, 4) is 18.1 Å². The van der Waals surface area contributed by atoms with Crippen molar-refractivity contribution in [1.29, 1.82) is 0 Å². The quantitative estimate of drug-likeness (QED) is 0.586. The van der Waals surface area contributed by atoms with E-state index in [9.17, 15) is 0 Å². The van der Waals surface area contributed by atoms with Gasteiger partial charge in [0.25, 0.3) is 0 Å². The van der Waals surface area contributed by atoms with E-state index in [4.69, 9.17) is 32.3 Å². The highest BCUT2D eigenvalue weighted by atomic mass is 16.5. The van der Waals surface area contributed by atoms with Crippen molar-refractivity contribution in [1.82, 2.24) is 4.98 Å². The standard InChI is InChI=1S/C23H25N3O2/c1-3-13-28-18-11-9-16(10-12-18)14-17(15-27-4-2)23-22(25)21(24)19-7-5-6-8-20(19)26-23/h1,5-12,17H,4,13-15,25H2,2H3,(H2,24,26). The Morgan fingerprint density at radius 2 is 1.82 bits per heavy atom. The molecule has 144 valence electrons. The maximum atomic E-state index is 6.37. The molecule has 2 aromatic carbocycles. The lowest BCUT2D eigenvalue weighted by molar-refractivity contribution is 0.131. The van der Waals surface area contributed by atoms with Gasteiger partial charge < -0.3 is 20.9 Å². The number of hydrogen-bond acceptors (Lipinski definition) is 5. The van der Waals surface area contributed by atoms with Crippen LogP contribution in [0, 0.1) is 12.3 Å². The summed E-state index contributed by atoms with van der Waals surface area (Å²) >= 11 is 0. The van der Waals surface area contributed by atoms with Gasteiger partial charge in [-0.1, -0.05) is 36.3 Å². The van der Waals surface area contributed by atoms with Gasteiger partial charge in [0.2, 0.25) is 0 Å². The van der Waals surface area contributed by atoms with Crippen LogP contribution in [-0.4, -0.2) is 24.8 Å². The summed E-state index contributed by atoms with van der Waals surface area (Å²) in [6.07, 6.45) is 5.96. The Morgan fingerprint density at radius 3 is 2.54 bits per heavy atom. The minimum Gasteiger partial charge on any atom is -0.481 e. The fourth-order valence-electron chi connectivity index (χ4n) is 3.21. The van der Waals surface area contributed by atoms with Gasteiger partial charge in [-0.25, -0.2) is 0 Å². The largest absolute Gasteiger partial charge is 0.481 e. The number of fused-ring (bicyclic) bond motifs is 1. The zero-order chi connectivity index (χ0) is 19.9. The first kappa shape index (κ1) is 19.5. The molecule has 0 bridgehead atoms. The molecular weight excluding hydrogens is 350 g/mol. The molecule has 1 atom stereocenters.